The summed E-state index contributed by atoms with van der Waals surface area (Å²) in [5, 5.41) is 3.58. The van der Waals surface area contributed by atoms with Gasteiger partial charge in [-0.1, -0.05) is 24.6 Å². The Balaban J connectivity index is 1.81. The van der Waals surface area contributed by atoms with E-state index in [9.17, 15) is 0 Å². The van der Waals surface area contributed by atoms with E-state index in [0.717, 1.165) is 24.8 Å². The second kappa shape index (κ2) is 6.92. The Hall–Kier alpha value is -1.06. The molecule has 1 N–H and O–H groups in total. The lowest BCUT2D eigenvalue weighted by atomic mass is 10.1. The summed E-state index contributed by atoms with van der Waals surface area (Å²) in [4.78, 5) is 2.53. The van der Waals surface area contributed by atoms with Gasteiger partial charge in [0.25, 0.3) is 0 Å². The molecule has 3 heteroatoms. The molecule has 1 aromatic rings. The van der Waals surface area contributed by atoms with Crippen LogP contribution in [0.25, 0.3) is 0 Å². The van der Waals surface area contributed by atoms with Crippen LogP contribution in [-0.4, -0.2) is 38.2 Å². The van der Waals surface area contributed by atoms with Crippen LogP contribution in [0.15, 0.2) is 18.2 Å². The van der Waals surface area contributed by atoms with Crippen LogP contribution < -0.4 is 10.1 Å². The average Bonchev–Trinajstić information content (AvgIpc) is 2.87. The van der Waals surface area contributed by atoms with Crippen molar-refractivity contribution in [2.24, 2.45) is 5.92 Å². The van der Waals surface area contributed by atoms with E-state index >= 15 is 0 Å². The molecule has 1 aliphatic heterocycles. The minimum absolute atomic E-state index is 0.802. The maximum absolute atomic E-state index is 5.41. The van der Waals surface area contributed by atoms with Crippen molar-refractivity contribution in [3.8, 4) is 5.75 Å². The van der Waals surface area contributed by atoms with E-state index in [4.69, 9.17) is 4.74 Å². The van der Waals surface area contributed by atoms with Crippen LogP contribution in [0.2, 0.25) is 0 Å². The van der Waals surface area contributed by atoms with E-state index in [-0.39, 0.29) is 0 Å². The Kier molecular flexibility index (Phi) is 5.23. The van der Waals surface area contributed by atoms with Gasteiger partial charge in [-0.3, -0.25) is 0 Å². The zero-order valence-electron chi connectivity index (χ0n) is 12.4. The molecule has 3 nitrogen and oxygen atoms in total. The maximum atomic E-state index is 5.41. The van der Waals surface area contributed by atoms with Gasteiger partial charge >= 0.3 is 0 Å². The first-order valence-electron chi connectivity index (χ1n) is 7.29. The van der Waals surface area contributed by atoms with Crippen molar-refractivity contribution in [2.75, 3.05) is 33.3 Å². The predicted octanol–water partition coefficient (Wildman–Crippen LogP) is 2.44. The molecule has 0 radical (unpaired) electrons. The quantitative estimate of drug-likeness (QED) is 0.852. The van der Waals surface area contributed by atoms with Crippen molar-refractivity contribution in [2.45, 2.75) is 26.8 Å². The third-order valence-electron chi connectivity index (χ3n) is 4.00. The molecule has 1 heterocycles. The lowest BCUT2D eigenvalue weighted by Gasteiger charge is -2.15. The van der Waals surface area contributed by atoms with Gasteiger partial charge in [-0.2, -0.15) is 0 Å². The highest BCUT2D eigenvalue weighted by Gasteiger charge is 2.20. The van der Waals surface area contributed by atoms with Crippen molar-refractivity contribution in [3.63, 3.8) is 0 Å². The Labute approximate surface area is 116 Å². The number of ether oxygens (including phenoxy) is 1. The van der Waals surface area contributed by atoms with Gasteiger partial charge in [0, 0.05) is 18.7 Å². The molecule has 106 valence electrons. The van der Waals surface area contributed by atoms with Crippen molar-refractivity contribution < 1.29 is 4.74 Å². The van der Waals surface area contributed by atoms with E-state index < -0.39 is 0 Å². The lowest BCUT2D eigenvalue weighted by molar-refractivity contribution is 0.338. The van der Waals surface area contributed by atoms with E-state index in [1.165, 1.54) is 37.2 Å². The van der Waals surface area contributed by atoms with Gasteiger partial charge < -0.3 is 15.0 Å². The minimum Gasteiger partial charge on any atom is -0.496 e. The fourth-order valence-electron chi connectivity index (χ4n) is 2.82. The molecule has 0 unspecified atom stereocenters. The van der Waals surface area contributed by atoms with Gasteiger partial charge in [0.05, 0.1) is 7.11 Å². The smallest absolute Gasteiger partial charge is 0.123 e. The number of hydrogen-bond acceptors (Lipinski definition) is 3. The highest BCUT2D eigenvalue weighted by atomic mass is 16.5. The number of hydrogen-bond donors (Lipinski definition) is 1. The molecule has 1 aromatic carbocycles. The van der Waals surface area contributed by atoms with Crippen molar-refractivity contribution >= 4 is 0 Å². The van der Waals surface area contributed by atoms with Gasteiger partial charge in [0.2, 0.25) is 0 Å². The van der Waals surface area contributed by atoms with E-state index in [1.54, 1.807) is 7.11 Å². The van der Waals surface area contributed by atoms with Gasteiger partial charge in [-0.25, -0.2) is 0 Å². The largest absolute Gasteiger partial charge is 0.496 e. The van der Waals surface area contributed by atoms with E-state index in [1.807, 2.05) is 0 Å². The molecular weight excluding hydrogens is 236 g/mol. The number of nitrogens with one attached hydrogen (secondary N) is 1. The number of likely N-dealkylation sites (tertiary alicyclic amines) is 1. The maximum Gasteiger partial charge on any atom is 0.123 e. The van der Waals surface area contributed by atoms with Crippen LogP contribution in [0.4, 0.5) is 0 Å². The lowest BCUT2D eigenvalue weighted by Crippen LogP contribution is -2.26. The summed E-state index contributed by atoms with van der Waals surface area (Å²) in [5.41, 5.74) is 2.54. The van der Waals surface area contributed by atoms with Crippen LogP contribution in [0.3, 0.4) is 0 Å². The third-order valence-corrected chi connectivity index (χ3v) is 4.00. The second-order valence-corrected chi connectivity index (χ2v) is 5.49. The van der Waals surface area contributed by atoms with Crippen LogP contribution in [0.5, 0.6) is 5.75 Å². The minimum atomic E-state index is 0.802. The topological polar surface area (TPSA) is 24.5 Å². The monoisotopic (exact) mass is 262 g/mol. The van der Waals surface area contributed by atoms with E-state index in [0.29, 0.717) is 0 Å². The van der Waals surface area contributed by atoms with E-state index in [2.05, 4.69) is 42.3 Å². The first kappa shape index (κ1) is 14.4. The molecule has 0 amide bonds. The molecule has 0 spiro atoms. The highest BCUT2D eigenvalue weighted by molar-refractivity contribution is 5.36. The van der Waals surface area contributed by atoms with Gasteiger partial charge in [-0.15, -0.1) is 0 Å². The standard InChI is InChI=1S/C16H26N2O/c1-4-18-8-7-14(12-18)10-17-11-15-9-13(2)5-6-16(15)19-3/h5-6,9,14,17H,4,7-8,10-12H2,1-3H3/t14-/m1/s1. The van der Waals surface area contributed by atoms with Crippen LogP contribution in [0, 0.1) is 12.8 Å². The number of rotatable bonds is 6. The summed E-state index contributed by atoms with van der Waals surface area (Å²) in [6, 6.07) is 6.36. The van der Waals surface area contributed by atoms with Gasteiger partial charge in [0.15, 0.2) is 0 Å². The molecule has 19 heavy (non-hydrogen) atoms. The summed E-state index contributed by atoms with van der Waals surface area (Å²) in [6.45, 7) is 10.1. The molecule has 1 aliphatic rings. The van der Waals surface area contributed by atoms with Crippen LogP contribution in [0.1, 0.15) is 24.5 Å². The average molecular weight is 262 g/mol. The molecule has 0 bridgehead atoms. The normalized spacial score (nSPS) is 19.8. The molecule has 2 rings (SSSR count). The van der Waals surface area contributed by atoms with Crippen LogP contribution in [-0.2, 0) is 6.54 Å². The first-order chi connectivity index (χ1) is 9.22. The summed E-state index contributed by atoms with van der Waals surface area (Å²) in [7, 11) is 1.74. The molecular formula is C16H26N2O. The van der Waals surface area contributed by atoms with Crippen LogP contribution >= 0.6 is 0 Å². The molecule has 0 aromatic heterocycles. The fourth-order valence-corrected chi connectivity index (χ4v) is 2.82. The summed E-state index contributed by atoms with van der Waals surface area (Å²) < 4.78 is 5.41. The SMILES string of the molecule is CCN1CC[C@H](CNCc2cc(C)ccc2OC)C1. The molecule has 1 saturated heterocycles. The predicted molar refractivity (Wildman–Crippen MR) is 79.7 cm³/mol. The second-order valence-electron chi connectivity index (χ2n) is 5.49. The Morgan fingerprint density at radius 2 is 2.26 bits per heavy atom. The van der Waals surface area contributed by atoms with Gasteiger partial charge in [0.1, 0.15) is 5.75 Å². The first-order valence-corrected chi connectivity index (χ1v) is 7.29. The summed E-state index contributed by atoms with van der Waals surface area (Å²) in [6.07, 6.45) is 1.33. The molecule has 1 fully saturated rings. The van der Waals surface area contributed by atoms with Crippen molar-refractivity contribution in [3.05, 3.63) is 29.3 Å². The number of methoxy groups -OCH3 is 1. The zero-order valence-corrected chi connectivity index (χ0v) is 12.4. The zero-order chi connectivity index (χ0) is 13.7. The highest BCUT2D eigenvalue weighted by Crippen LogP contribution is 2.20. The Morgan fingerprint density at radius 1 is 1.42 bits per heavy atom. The summed E-state index contributed by atoms with van der Waals surface area (Å²) >= 11 is 0. The third kappa shape index (κ3) is 3.95. The number of nitrogens with zero attached hydrogens (tertiary/aromatic N) is 1. The summed E-state index contributed by atoms with van der Waals surface area (Å²) in [5.74, 6) is 1.79. The molecule has 0 saturated carbocycles. The van der Waals surface area contributed by atoms with Crippen molar-refractivity contribution in [1.82, 2.24) is 10.2 Å². The Bertz CT molecular complexity index is 406. The molecule has 0 aliphatic carbocycles. The molecule has 1 atom stereocenters. The Morgan fingerprint density at radius 3 is 2.95 bits per heavy atom. The number of benzene rings is 1. The van der Waals surface area contributed by atoms with Gasteiger partial charge in [-0.05, 0) is 45.0 Å². The number of aryl methyl sites for hydroxylation is 1. The fraction of sp³-hybridized carbons (Fsp3) is 0.625. The van der Waals surface area contributed by atoms with Crippen molar-refractivity contribution in [1.29, 1.82) is 0 Å².